The number of hydrogen-bond acceptors (Lipinski definition) is 9. The first kappa shape index (κ1) is 21.7. The highest BCUT2D eigenvalue weighted by Crippen LogP contribution is 2.35. The summed E-state index contributed by atoms with van der Waals surface area (Å²) in [5.74, 6) is 0.103. The Morgan fingerprint density at radius 1 is 1.26 bits per heavy atom. The Kier molecular flexibility index (Phi) is 5.99. The van der Waals surface area contributed by atoms with E-state index in [1.807, 2.05) is 11.0 Å². The quantitative estimate of drug-likeness (QED) is 0.494. The number of nitrogens with one attached hydrogen (secondary N) is 1. The number of aliphatic hydroxyl groups excluding tert-OH is 2. The molecule has 0 aromatic carbocycles. The normalized spacial score (nSPS) is 15.4. The molecule has 1 atom stereocenters. The molecule has 168 valence electrons. The van der Waals surface area contributed by atoms with E-state index >= 15 is 0 Å². The lowest BCUT2D eigenvalue weighted by atomic mass is 10.2. The maximum absolute atomic E-state index is 13.1. The molecular weight excluding hydrogens is 435 g/mol. The topological polar surface area (TPSA) is 112 Å². The van der Waals surface area contributed by atoms with Crippen LogP contribution in [0.3, 0.4) is 0 Å². The summed E-state index contributed by atoms with van der Waals surface area (Å²) < 4.78 is 40.5. The van der Waals surface area contributed by atoms with Crippen LogP contribution in [0.1, 0.15) is 29.9 Å². The molecule has 1 aliphatic rings. The van der Waals surface area contributed by atoms with Gasteiger partial charge in [0.05, 0.1) is 24.6 Å². The molecule has 4 heterocycles. The molecule has 0 amide bonds. The van der Waals surface area contributed by atoms with E-state index in [9.17, 15) is 18.3 Å². The van der Waals surface area contributed by atoms with Crippen LogP contribution in [0.5, 0.6) is 0 Å². The third-order valence-corrected chi connectivity index (χ3v) is 6.02. The second-order valence-corrected chi connectivity index (χ2v) is 8.40. The molecule has 0 saturated carbocycles. The van der Waals surface area contributed by atoms with Crippen LogP contribution >= 0.6 is 11.3 Å². The fourth-order valence-corrected chi connectivity index (χ4v) is 4.59. The fourth-order valence-electron chi connectivity index (χ4n) is 3.47. The zero-order chi connectivity index (χ0) is 22.2. The van der Waals surface area contributed by atoms with Crippen molar-refractivity contribution in [2.75, 3.05) is 29.9 Å². The molecule has 0 bridgehead atoms. The van der Waals surface area contributed by atoms with Crippen molar-refractivity contribution in [1.29, 1.82) is 0 Å². The van der Waals surface area contributed by atoms with Gasteiger partial charge in [0.15, 0.2) is 5.82 Å². The van der Waals surface area contributed by atoms with Crippen molar-refractivity contribution in [3.63, 3.8) is 0 Å². The second-order valence-electron chi connectivity index (χ2n) is 7.28. The predicted octanol–water partition coefficient (Wildman–Crippen LogP) is 2.04. The van der Waals surface area contributed by atoms with Gasteiger partial charge in [0.25, 0.3) is 0 Å². The first-order valence-corrected chi connectivity index (χ1v) is 10.7. The summed E-state index contributed by atoms with van der Waals surface area (Å²) in [5.41, 5.74) is 0. The highest BCUT2D eigenvalue weighted by Gasteiger charge is 2.39. The van der Waals surface area contributed by atoms with E-state index < -0.39 is 24.7 Å². The van der Waals surface area contributed by atoms with Gasteiger partial charge in [-0.1, -0.05) is 13.3 Å². The summed E-state index contributed by atoms with van der Waals surface area (Å²) in [6, 6.07) is 2.02. The van der Waals surface area contributed by atoms with Gasteiger partial charge >= 0.3 is 6.18 Å². The number of rotatable bonds is 7. The standard InChI is InChI=1S/C18H22F3N7O2S/c1-2-3-11-6-12-14(23-17(24-15(12)31-11)22-7-10(30)9-29)27-4-5-28-13(8-27)25-26-16(28)18(19,20)21/h6,10,29-30H,2-5,7-9H2,1H3,(H,22,23,24). The molecule has 9 nitrogen and oxygen atoms in total. The van der Waals surface area contributed by atoms with Crippen LogP contribution in [0.2, 0.25) is 0 Å². The third kappa shape index (κ3) is 4.43. The SMILES string of the molecule is CCCc1cc2c(N3CCn4c(nnc4C(F)(F)F)C3)nc(NCC(O)CO)nc2s1. The number of hydrogen-bond donors (Lipinski definition) is 3. The summed E-state index contributed by atoms with van der Waals surface area (Å²) in [6.07, 6.45) is -3.66. The van der Waals surface area contributed by atoms with Crippen LogP contribution in [-0.4, -0.2) is 60.7 Å². The molecule has 31 heavy (non-hydrogen) atoms. The first-order chi connectivity index (χ1) is 14.8. The van der Waals surface area contributed by atoms with Crippen molar-refractivity contribution >= 4 is 33.3 Å². The van der Waals surface area contributed by atoms with Gasteiger partial charge in [-0.25, -0.2) is 4.98 Å². The van der Waals surface area contributed by atoms with Gasteiger partial charge in [-0.3, -0.25) is 0 Å². The van der Waals surface area contributed by atoms with Crippen molar-refractivity contribution in [1.82, 2.24) is 24.7 Å². The van der Waals surface area contributed by atoms with Crippen molar-refractivity contribution < 1.29 is 23.4 Å². The molecular formula is C18H22F3N7O2S. The Hall–Kier alpha value is -2.51. The molecule has 0 radical (unpaired) electrons. The van der Waals surface area contributed by atoms with Gasteiger partial charge in [-0.15, -0.1) is 21.5 Å². The smallest absolute Gasteiger partial charge is 0.394 e. The van der Waals surface area contributed by atoms with Crippen molar-refractivity contribution in [2.24, 2.45) is 0 Å². The van der Waals surface area contributed by atoms with Gasteiger partial charge in [-0.05, 0) is 12.5 Å². The number of halogens is 3. The van der Waals surface area contributed by atoms with Gasteiger partial charge in [0.1, 0.15) is 10.6 Å². The Morgan fingerprint density at radius 2 is 2.06 bits per heavy atom. The van der Waals surface area contributed by atoms with Crippen molar-refractivity contribution in [3.8, 4) is 0 Å². The monoisotopic (exact) mass is 457 g/mol. The molecule has 0 spiro atoms. The number of aliphatic hydroxyl groups is 2. The van der Waals surface area contributed by atoms with Crippen LogP contribution in [0.25, 0.3) is 10.2 Å². The van der Waals surface area contributed by atoms with Gasteiger partial charge in [-0.2, -0.15) is 18.2 Å². The second kappa shape index (κ2) is 8.55. The average Bonchev–Trinajstić information content (AvgIpc) is 3.34. The van der Waals surface area contributed by atoms with Gasteiger partial charge < -0.3 is 25.0 Å². The molecule has 13 heteroatoms. The Balaban J connectivity index is 1.69. The van der Waals surface area contributed by atoms with Crippen molar-refractivity contribution in [2.45, 2.75) is 45.1 Å². The summed E-state index contributed by atoms with van der Waals surface area (Å²) in [4.78, 5) is 12.8. The van der Waals surface area contributed by atoms with Crippen LogP contribution in [0.4, 0.5) is 24.9 Å². The maximum Gasteiger partial charge on any atom is 0.451 e. The van der Waals surface area contributed by atoms with Crippen LogP contribution in [0.15, 0.2) is 6.07 Å². The summed E-state index contributed by atoms with van der Waals surface area (Å²) in [7, 11) is 0. The molecule has 1 unspecified atom stereocenters. The molecule has 0 aliphatic carbocycles. The zero-order valence-electron chi connectivity index (χ0n) is 16.7. The molecule has 4 rings (SSSR count). The molecule has 3 aromatic rings. The Labute approximate surface area is 179 Å². The Bertz CT molecular complexity index is 1070. The maximum atomic E-state index is 13.1. The van der Waals surface area contributed by atoms with E-state index in [1.165, 1.54) is 11.3 Å². The van der Waals surface area contributed by atoms with Crippen molar-refractivity contribution in [3.05, 3.63) is 22.6 Å². The summed E-state index contributed by atoms with van der Waals surface area (Å²) in [5, 5.41) is 29.5. The van der Waals surface area contributed by atoms with Crippen LogP contribution < -0.4 is 10.2 Å². The molecule has 0 fully saturated rings. The number of aryl methyl sites for hydroxylation is 1. The molecule has 3 N–H and O–H groups in total. The summed E-state index contributed by atoms with van der Waals surface area (Å²) >= 11 is 1.54. The van der Waals surface area contributed by atoms with E-state index in [2.05, 4.69) is 32.4 Å². The highest BCUT2D eigenvalue weighted by atomic mass is 32.1. The molecule has 1 aliphatic heterocycles. The average molecular weight is 457 g/mol. The Morgan fingerprint density at radius 3 is 2.77 bits per heavy atom. The number of nitrogens with zero attached hydrogens (tertiary/aromatic N) is 6. The van der Waals surface area contributed by atoms with E-state index in [-0.39, 0.29) is 31.4 Å². The minimum absolute atomic E-state index is 0.0674. The largest absolute Gasteiger partial charge is 0.451 e. The van der Waals surface area contributed by atoms with E-state index in [1.54, 1.807) is 0 Å². The third-order valence-electron chi connectivity index (χ3n) is 4.93. The lowest BCUT2D eigenvalue weighted by molar-refractivity contribution is -0.147. The molecule has 3 aromatic heterocycles. The number of thiophene rings is 1. The predicted molar refractivity (Wildman–Crippen MR) is 109 cm³/mol. The number of fused-ring (bicyclic) bond motifs is 2. The minimum atomic E-state index is -4.55. The van der Waals surface area contributed by atoms with Gasteiger partial charge in [0.2, 0.25) is 11.8 Å². The van der Waals surface area contributed by atoms with Crippen LogP contribution in [0, 0.1) is 0 Å². The lowest BCUT2D eigenvalue weighted by Gasteiger charge is -2.29. The zero-order valence-corrected chi connectivity index (χ0v) is 17.5. The first-order valence-electron chi connectivity index (χ1n) is 9.87. The van der Waals surface area contributed by atoms with Gasteiger partial charge in [0, 0.05) is 24.5 Å². The fraction of sp³-hybridized carbons (Fsp3) is 0.556. The van der Waals surface area contributed by atoms with E-state index in [0.29, 0.717) is 12.4 Å². The number of alkyl halides is 3. The number of aromatic nitrogens is 5. The molecule has 0 saturated heterocycles. The highest BCUT2D eigenvalue weighted by molar-refractivity contribution is 7.18. The minimum Gasteiger partial charge on any atom is -0.394 e. The lowest BCUT2D eigenvalue weighted by Crippen LogP contribution is -2.36. The van der Waals surface area contributed by atoms with Crippen LogP contribution in [-0.2, 0) is 25.7 Å². The van der Waals surface area contributed by atoms with E-state index in [0.717, 1.165) is 32.5 Å². The van der Waals surface area contributed by atoms with E-state index in [4.69, 9.17) is 5.11 Å². The summed E-state index contributed by atoms with van der Waals surface area (Å²) in [6.45, 7) is 2.27. The number of anilines is 2.